The Bertz CT molecular complexity index is 609. The molecule has 1 heterocycles. The van der Waals surface area contributed by atoms with Crippen LogP contribution in [0.4, 0.5) is 5.69 Å². The average Bonchev–Trinajstić information content (AvgIpc) is 3.25. The maximum atomic E-state index is 11.8. The number of nitrogens with one attached hydrogen (secondary N) is 1. The Kier molecular flexibility index (Phi) is 3.76. The molecule has 0 saturated heterocycles. The lowest BCUT2D eigenvalue weighted by atomic mass is 10.2. The Morgan fingerprint density at radius 3 is 2.85 bits per heavy atom. The van der Waals surface area contributed by atoms with Gasteiger partial charge in [-0.1, -0.05) is 12.1 Å². The first-order valence-electron chi connectivity index (χ1n) is 7.06. The lowest BCUT2D eigenvalue weighted by Crippen LogP contribution is -2.28. The average molecular weight is 293 g/mol. The van der Waals surface area contributed by atoms with Crippen molar-refractivity contribution in [2.75, 3.05) is 18.0 Å². The summed E-state index contributed by atoms with van der Waals surface area (Å²) in [6.45, 7) is 1.83. The zero-order valence-electron chi connectivity index (χ0n) is 11.3. The molecule has 1 saturated carbocycles. The molecule has 3 rings (SSSR count). The summed E-state index contributed by atoms with van der Waals surface area (Å²) in [5, 5.41) is 3.48. The van der Waals surface area contributed by atoms with Crippen LogP contribution < -0.4 is 10.2 Å². The van der Waals surface area contributed by atoms with Crippen LogP contribution in [0.25, 0.3) is 0 Å². The number of nitrogens with zero attached hydrogens (tertiary/aromatic N) is 2. The van der Waals surface area contributed by atoms with E-state index in [0.29, 0.717) is 4.90 Å². The fourth-order valence-electron chi connectivity index (χ4n) is 2.33. The van der Waals surface area contributed by atoms with E-state index in [4.69, 9.17) is 0 Å². The maximum absolute atomic E-state index is 11.8. The van der Waals surface area contributed by atoms with Crippen molar-refractivity contribution >= 4 is 22.0 Å². The minimum Gasteiger partial charge on any atom is -0.331 e. The van der Waals surface area contributed by atoms with Gasteiger partial charge in [-0.3, -0.25) is 0 Å². The molecule has 2 aliphatic rings. The van der Waals surface area contributed by atoms with Gasteiger partial charge in [-0.15, -0.1) is 4.40 Å². The van der Waals surface area contributed by atoms with E-state index in [0.717, 1.165) is 37.7 Å². The van der Waals surface area contributed by atoms with E-state index in [2.05, 4.69) is 9.71 Å². The number of unbranched alkanes of at least 4 members (excludes halogenated alkanes) is 1. The fourth-order valence-corrected chi connectivity index (χ4v) is 3.38. The maximum Gasteiger partial charge on any atom is 0.285 e. The minimum atomic E-state index is -3.50. The van der Waals surface area contributed by atoms with Crippen molar-refractivity contribution in [3.05, 3.63) is 24.3 Å². The number of sulfonamides is 1. The van der Waals surface area contributed by atoms with Gasteiger partial charge in [0.05, 0.1) is 5.69 Å². The first kappa shape index (κ1) is 13.6. The Hall–Kier alpha value is -1.40. The number of benzene rings is 1. The van der Waals surface area contributed by atoms with Crippen LogP contribution in [-0.2, 0) is 10.0 Å². The Morgan fingerprint density at radius 1 is 1.25 bits per heavy atom. The van der Waals surface area contributed by atoms with E-state index in [1.807, 2.05) is 17.0 Å². The summed E-state index contributed by atoms with van der Waals surface area (Å²) in [5.41, 5.74) is 0.734. The highest BCUT2D eigenvalue weighted by Gasteiger charge is 2.24. The summed E-state index contributed by atoms with van der Waals surface area (Å²) >= 11 is 0. The number of fused-ring (bicyclic) bond motifs is 1. The third-order valence-corrected chi connectivity index (χ3v) is 4.89. The zero-order valence-corrected chi connectivity index (χ0v) is 12.1. The van der Waals surface area contributed by atoms with Crippen molar-refractivity contribution in [3.8, 4) is 0 Å². The quantitative estimate of drug-likeness (QED) is 0.812. The normalized spacial score (nSPS) is 19.9. The molecule has 1 fully saturated rings. The molecule has 0 unspecified atom stereocenters. The lowest BCUT2D eigenvalue weighted by Gasteiger charge is -2.24. The molecule has 0 aromatic heterocycles. The molecule has 5 nitrogen and oxygen atoms in total. The molecule has 1 aliphatic carbocycles. The Morgan fingerprint density at radius 2 is 2.05 bits per heavy atom. The van der Waals surface area contributed by atoms with Crippen LogP contribution in [0.2, 0.25) is 0 Å². The van der Waals surface area contributed by atoms with E-state index in [9.17, 15) is 8.42 Å². The predicted octanol–water partition coefficient (Wildman–Crippen LogP) is 1.76. The van der Waals surface area contributed by atoms with Crippen LogP contribution in [0, 0.1) is 0 Å². The van der Waals surface area contributed by atoms with Crippen molar-refractivity contribution < 1.29 is 8.42 Å². The monoisotopic (exact) mass is 293 g/mol. The second-order valence-electron chi connectivity index (χ2n) is 5.29. The van der Waals surface area contributed by atoms with E-state index in [1.54, 1.807) is 12.1 Å². The van der Waals surface area contributed by atoms with Gasteiger partial charge in [-0.25, -0.2) is 0 Å². The van der Waals surface area contributed by atoms with E-state index in [-0.39, 0.29) is 0 Å². The standard InChI is InChI=1S/C14H19N3O2S/c18-20(19)14-6-2-1-5-13(14)17(11-16-20)10-4-3-9-15-12-7-8-12/h1-2,5-6,11-12,15H,3-4,7-10H2. The largest absolute Gasteiger partial charge is 0.331 e. The molecule has 0 atom stereocenters. The van der Waals surface area contributed by atoms with Crippen LogP contribution >= 0.6 is 0 Å². The number of rotatable bonds is 6. The van der Waals surface area contributed by atoms with Gasteiger partial charge in [0.1, 0.15) is 11.2 Å². The molecule has 0 radical (unpaired) electrons. The molecule has 20 heavy (non-hydrogen) atoms. The lowest BCUT2D eigenvalue weighted by molar-refractivity contribution is 0.595. The first-order chi connectivity index (χ1) is 9.67. The van der Waals surface area contributed by atoms with Gasteiger partial charge in [0.15, 0.2) is 0 Å². The molecular formula is C14H19N3O2S. The summed E-state index contributed by atoms with van der Waals surface area (Å²) in [6.07, 6.45) is 6.16. The Labute approximate surface area is 119 Å². The second-order valence-corrected chi connectivity index (χ2v) is 6.89. The highest BCUT2D eigenvalue weighted by atomic mass is 32.2. The van der Waals surface area contributed by atoms with Gasteiger partial charge >= 0.3 is 0 Å². The number of anilines is 1. The second kappa shape index (κ2) is 5.54. The van der Waals surface area contributed by atoms with Crippen LogP contribution in [0.3, 0.4) is 0 Å². The van der Waals surface area contributed by atoms with Crippen molar-refractivity contribution in [1.82, 2.24) is 5.32 Å². The van der Waals surface area contributed by atoms with Crippen molar-refractivity contribution in [1.29, 1.82) is 0 Å². The van der Waals surface area contributed by atoms with Gasteiger partial charge < -0.3 is 10.2 Å². The van der Waals surface area contributed by atoms with Crippen LogP contribution in [0.15, 0.2) is 33.6 Å². The molecule has 1 aromatic rings. The summed E-state index contributed by atoms with van der Waals surface area (Å²) < 4.78 is 27.4. The van der Waals surface area contributed by atoms with Gasteiger partial charge in [0, 0.05) is 12.6 Å². The molecule has 1 aliphatic heterocycles. The molecule has 0 spiro atoms. The van der Waals surface area contributed by atoms with Crippen molar-refractivity contribution in [2.24, 2.45) is 4.40 Å². The molecule has 0 bridgehead atoms. The topological polar surface area (TPSA) is 61.8 Å². The third kappa shape index (κ3) is 3.02. The van der Waals surface area contributed by atoms with Crippen LogP contribution in [0.1, 0.15) is 25.7 Å². The number of para-hydroxylation sites is 1. The van der Waals surface area contributed by atoms with Crippen LogP contribution in [-0.4, -0.2) is 33.9 Å². The molecule has 0 amide bonds. The predicted molar refractivity (Wildman–Crippen MR) is 79.7 cm³/mol. The van der Waals surface area contributed by atoms with E-state index >= 15 is 0 Å². The zero-order chi connectivity index (χ0) is 14.0. The van der Waals surface area contributed by atoms with Crippen LogP contribution in [0.5, 0.6) is 0 Å². The minimum absolute atomic E-state index is 0.304. The SMILES string of the molecule is O=S1(=O)N=CN(CCCCNC2CC2)c2ccccc21. The third-order valence-electron chi connectivity index (χ3n) is 3.61. The number of hydrogen-bond donors (Lipinski definition) is 1. The number of hydrogen-bond acceptors (Lipinski definition) is 4. The molecule has 1 N–H and O–H groups in total. The van der Waals surface area contributed by atoms with E-state index in [1.165, 1.54) is 19.2 Å². The summed E-state index contributed by atoms with van der Waals surface area (Å²) in [7, 11) is -3.50. The summed E-state index contributed by atoms with van der Waals surface area (Å²) in [6, 6.07) is 7.78. The highest BCUT2D eigenvalue weighted by molar-refractivity contribution is 7.90. The van der Waals surface area contributed by atoms with Gasteiger partial charge in [-0.2, -0.15) is 8.42 Å². The van der Waals surface area contributed by atoms with Crippen molar-refractivity contribution in [2.45, 2.75) is 36.6 Å². The Balaban J connectivity index is 1.59. The molecular weight excluding hydrogens is 274 g/mol. The van der Waals surface area contributed by atoms with Crippen molar-refractivity contribution in [3.63, 3.8) is 0 Å². The van der Waals surface area contributed by atoms with E-state index < -0.39 is 10.0 Å². The molecule has 6 heteroatoms. The highest BCUT2D eigenvalue weighted by Crippen LogP contribution is 2.29. The molecule has 108 valence electrons. The molecule has 1 aromatic carbocycles. The smallest absolute Gasteiger partial charge is 0.285 e. The first-order valence-corrected chi connectivity index (χ1v) is 8.50. The van der Waals surface area contributed by atoms with Gasteiger partial charge in [-0.05, 0) is 44.4 Å². The summed E-state index contributed by atoms with van der Waals surface area (Å²) in [4.78, 5) is 2.23. The summed E-state index contributed by atoms with van der Waals surface area (Å²) in [5.74, 6) is 0. The van der Waals surface area contributed by atoms with Gasteiger partial charge in [0.2, 0.25) is 0 Å². The van der Waals surface area contributed by atoms with Gasteiger partial charge in [0.25, 0.3) is 10.0 Å². The fraction of sp³-hybridized carbons (Fsp3) is 0.500.